The van der Waals surface area contributed by atoms with Gasteiger partial charge in [0.2, 0.25) is 0 Å². The fourth-order valence-corrected chi connectivity index (χ4v) is 8.81. The third-order valence-corrected chi connectivity index (χ3v) is 12.1. The summed E-state index contributed by atoms with van der Waals surface area (Å²) in [5.74, 6) is 0.0634. The lowest BCUT2D eigenvalue weighted by Gasteiger charge is -2.29. The van der Waals surface area contributed by atoms with Gasteiger partial charge in [0.05, 0.1) is 13.2 Å². The topological polar surface area (TPSA) is 18.5 Å². The van der Waals surface area contributed by atoms with Crippen LogP contribution in [-0.2, 0) is 0 Å². The first-order chi connectivity index (χ1) is 26.8. The predicted octanol–water partition coefficient (Wildman–Crippen LogP) is 14.5. The van der Waals surface area contributed by atoms with E-state index in [9.17, 15) is 8.78 Å². The van der Waals surface area contributed by atoms with Crippen LogP contribution in [0.25, 0.3) is 44.5 Å². The van der Waals surface area contributed by atoms with Crippen molar-refractivity contribution in [1.82, 2.24) is 0 Å². The summed E-state index contributed by atoms with van der Waals surface area (Å²) in [7, 11) is 0. The maximum absolute atomic E-state index is 17.4. The standard InChI is InChI=1S/C49H52F4O2/c1-3-8-33-13-17-34(18-14-33)30-54-44-29-43(36-9-6-5-7-10-36)46(45(48(44)53)38-21-25-40(51)26-22-38)42-28-27-41(37-19-23-39(50)24-20-37)47(52)49(42)55-31-35-15-11-32(4-2)12-16-35/h5-7,9-10,19-29,32-35H,3-4,8,11-18,30-31H2,1-2H3. The number of rotatable bonds is 13. The van der Waals surface area contributed by atoms with Gasteiger partial charge >= 0.3 is 0 Å². The normalized spacial score (nSPS) is 20.0. The van der Waals surface area contributed by atoms with Crippen molar-refractivity contribution >= 4 is 0 Å². The molecule has 0 aromatic heterocycles. The Morgan fingerprint density at radius 2 is 1.02 bits per heavy atom. The molecule has 0 saturated heterocycles. The third kappa shape index (κ3) is 8.95. The van der Waals surface area contributed by atoms with Crippen LogP contribution in [0, 0.1) is 46.9 Å². The second kappa shape index (κ2) is 17.9. The average Bonchev–Trinajstić information content (AvgIpc) is 3.22. The first-order valence-electron chi connectivity index (χ1n) is 20.3. The molecule has 0 bridgehead atoms. The van der Waals surface area contributed by atoms with E-state index in [2.05, 4.69) is 13.8 Å². The summed E-state index contributed by atoms with van der Waals surface area (Å²) in [6, 6.07) is 26.2. The highest BCUT2D eigenvalue weighted by Crippen LogP contribution is 2.50. The van der Waals surface area contributed by atoms with Gasteiger partial charge in [0.25, 0.3) is 0 Å². The molecule has 5 aromatic rings. The molecular weight excluding hydrogens is 697 g/mol. The lowest BCUT2D eigenvalue weighted by molar-refractivity contribution is 0.174. The minimum absolute atomic E-state index is 0.0110. The summed E-state index contributed by atoms with van der Waals surface area (Å²) in [5, 5.41) is 0. The second-order valence-electron chi connectivity index (χ2n) is 15.8. The van der Waals surface area contributed by atoms with Crippen molar-refractivity contribution < 1.29 is 27.0 Å². The van der Waals surface area contributed by atoms with Crippen molar-refractivity contribution in [2.24, 2.45) is 23.7 Å². The molecule has 5 aromatic carbocycles. The Kier molecular flexibility index (Phi) is 12.6. The lowest BCUT2D eigenvalue weighted by Crippen LogP contribution is -2.20. The molecule has 0 spiro atoms. The number of benzene rings is 5. The highest BCUT2D eigenvalue weighted by atomic mass is 19.1. The van der Waals surface area contributed by atoms with Crippen LogP contribution in [0.1, 0.15) is 84.5 Å². The van der Waals surface area contributed by atoms with Gasteiger partial charge in [-0.25, -0.2) is 17.6 Å². The smallest absolute Gasteiger partial charge is 0.173 e. The Morgan fingerprint density at radius 1 is 0.491 bits per heavy atom. The molecule has 0 aliphatic heterocycles. The van der Waals surface area contributed by atoms with Crippen molar-refractivity contribution in [2.75, 3.05) is 13.2 Å². The minimum Gasteiger partial charge on any atom is -0.490 e. The number of hydrogen-bond acceptors (Lipinski definition) is 2. The summed E-state index contributed by atoms with van der Waals surface area (Å²) in [5.41, 5.74) is 3.61. The van der Waals surface area contributed by atoms with Crippen molar-refractivity contribution in [3.8, 4) is 56.0 Å². The van der Waals surface area contributed by atoms with Crippen LogP contribution < -0.4 is 9.47 Å². The molecular formula is C49H52F4O2. The van der Waals surface area contributed by atoms with Gasteiger partial charge in [-0.1, -0.05) is 119 Å². The van der Waals surface area contributed by atoms with Crippen LogP contribution >= 0.6 is 0 Å². The largest absolute Gasteiger partial charge is 0.490 e. The van der Waals surface area contributed by atoms with Crippen LogP contribution in [-0.4, -0.2) is 13.2 Å². The molecule has 6 heteroatoms. The van der Waals surface area contributed by atoms with Crippen LogP contribution in [0.4, 0.5) is 17.6 Å². The lowest BCUT2D eigenvalue weighted by atomic mass is 9.80. The van der Waals surface area contributed by atoms with E-state index >= 15 is 8.78 Å². The Morgan fingerprint density at radius 3 is 1.62 bits per heavy atom. The highest BCUT2D eigenvalue weighted by molar-refractivity contribution is 5.98. The molecule has 0 heterocycles. The van der Waals surface area contributed by atoms with Crippen LogP contribution in [0.3, 0.4) is 0 Å². The zero-order valence-electron chi connectivity index (χ0n) is 32.1. The Labute approximate surface area is 323 Å². The Bertz CT molecular complexity index is 2010. The first-order valence-corrected chi connectivity index (χ1v) is 20.3. The fraction of sp³-hybridized carbons (Fsp3) is 0.388. The van der Waals surface area contributed by atoms with Crippen molar-refractivity contribution in [3.63, 3.8) is 0 Å². The number of ether oxygens (including phenoxy) is 2. The van der Waals surface area contributed by atoms with Gasteiger partial charge < -0.3 is 9.47 Å². The third-order valence-electron chi connectivity index (χ3n) is 12.1. The average molecular weight is 749 g/mol. The summed E-state index contributed by atoms with van der Waals surface area (Å²) >= 11 is 0. The molecule has 2 saturated carbocycles. The molecule has 2 aliphatic carbocycles. The van der Waals surface area contributed by atoms with Gasteiger partial charge in [-0.05, 0) is 108 Å². The van der Waals surface area contributed by atoms with Crippen LogP contribution in [0.15, 0.2) is 97.1 Å². The molecule has 2 fully saturated rings. The van der Waals surface area contributed by atoms with E-state index in [1.165, 1.54) is 37.1 Å². The molecule has 2 aliphatic rings. The van der Waals surface area contributed by atoms with Crippen molar-refractivity contribution in [2.45, 2.75) is 84.5 Å². The van der Waals surface area contributed by atoms with Gasteiger partial charge in [-0.15, -0.1) is 0 Å². The van der Waals surface area contributed by atoms with Gasteiger partial charge in [0.15, 0.2) is 23.1 Å². The van der Waals surface area contributed by atoms with E-state index in [1.807, 2.05) is 30.3 Å². The zero-order chi connectivity index (χ0) is 38.3. The molecule has 0 N–H and O–H groups in total. The summed E-state index contributed by atoms with van der Waals surface area (Å²) in [4.78, 5) is 0. The molecule has 0 radical (unpaired) electrons. The molecule has 0 unspecified atom stereocenters. The predicted molar refractivity (Wildman–Crippen MR) is 215 cm³/mol. The minimum atomic E-state index is -0.602. The van der Waals surface area contributed by atoms with Crippen molar-refractivity contribution in [3.05, 3.63) is 120 Å². The van der Waals surface area contributed by atoms with Gasteiger partial charge in [-0.3, -0.25) is 0 Å². The Balaban J connectivity index is 1.38. The van der Waals surface area contributed by atoms with Crippen molar-refractivity contribution in [1.29, 1.82) is 0 Å². The van der Waals surface area contributed by atoms with Crippen LogP contribution in [0.5, 0.6) is 11.5 Å². The zero-order valence-corrected chi connectivity index (χ0v) is 32.1. The quantitative estimate of drug-likeness (QED) is 0.112. The number of hydrogen-bond donors (Lipinski definition) is 0. The SMILES string of the molecule is CCCC1CCC(COc2cc(-c3ccccc3)c(-c3ccc(-c4ccc(F)cc4)c(F)c3OCC3CCC(CC)CC3)c(-c3ccc(F)cc3)c2F)CC1. The molecule has 288 valence electrons. The van der Waals surface area contributed by atoms with Gasteiger partial charge in [-0.2, -0.15) is 0 Å². The van der Waals surface area contributed by atoms with Gasteiger partial charge in [0, 0.05) is 22.3 Å². The molecule has 0 amide bonds. The summed E-state index contributed by atoms with van der Waals surface area (Å²) in [6.45, 7) is 5.15. The van der Waals surface area contributed by atoms with E-state index in [-0.39, 0.29) is 28.5 Å². The highest BCUT2D eigenvalue weighted by Gasteiger charge is 2.30. The van der Waals surface area contributed by atoms with E-state index in [4.69, 9.17) is 9.47 Å². The van der Waals surface area contributed by atoms with E-state index in [1.54, 1.807) is 42.5 Å². The first kappa shape index (κ1) is 38.7. The molecule has 0 atom stereocenters. The molecule has 2 nitrogen and oxygen atoms in total. The second-order valence-corrected chi connectivity index (χ2v) is 15.8. The Hall–Kier alpha value is -4.58. The summed E-state index contributed by atoms with van der Waals surface area (Å²) < 4.78 is 76.0. The van der Waals surface area contributed by atoms with E-state index < -0.39 is 23.3 Å². The number of halogens is 4. The monoisotopic (exact) mass is 748 g/mol. The van der Waals surface area contributed by atoms with E-state index in [0.29, 0.717) is 52.9 Å². The summed E-state index contributed by atoms with van der Waals surface area (Å²) in [6.07, 6.45) is 12.2. The van der Waals surface area contributed by atoms with Gasteiger partial charge in [0.1, 0.15) is 11.6 Å². The molecule has 55 heavy (non-hydrogen) atoms. The fourth-order valence-electron chi connectivity index (χ4n) is 8.81. The maximum Gasteiger partial charge on any atom is 0.173 e. The van der Waals surface area contributed by atoms with E-state index in [0.717, 1.165) is 69.3 Å². The molecule has 7 rings (SSSR count). The van der Waals surface area contributed by atoms with Crippen LogP contribution in [0.2, 0.25) is 0 Å². The maximum atomic E-state index is 17.4.